The van der Waals surface area contributed by atoms with Gasteiger partial charge in [-0.3, -0.25) is 0 Å². The van der Waals surface area contributed by atoms with Crippen LogP contribution in [-0.4, -0.2) is 0 Å². The van der Waals surface area contributed by atoms with Crippen molar-refractivity contribution in [1.82, 2.24) is 0 Å². The fourth-order valence-corrected chi connectivity index (χ4v) is 1.88. The summed E-state index contributed by atoms with van der Waals surface area (Å²) in [6.07, 6.45) is 9.23. The Morgan fingerprint density at radius 1 is 1.20 bits per heavy atom. The van der Waals surface area contributed by atoms with Gasteiger partial charge in [-0.1, -0.05) is 39.0 Å². The third-order valence-corrected chi connectivity index (χ3v) is 3.16. The predicted octanol–water partition coefficient (Wildman–Crippen LogP) is 3.22. The summed E-state index contributed by atoms with van der Waals surface area (Å²) < 4.78 is 0. The lowest BCUT2D eigenvalue weighted by Crippen LogP contribution is -1.82. The Bertz CT molecular complexity index is 113. The largest absolute Gasteiger partial charge is 0.0622 e. The van der Waals surface area contributed by atoms with E-state index < -0.39 is 0 Å². The zero-order valence-corrected chi connectivity index (χ0v) is 6.97. The molecule has 0 N–H and O–H groups in total. The molecule has 2 fully saturated rings. The number of rotatable bonds is 4. The first-order valence-corrected chi connectivity index (χ1v) is 4.86. The fraction of sp³-hybridized carbons (Fsp3) is 1.00. The van der Waals surface area contributed by atoms with E-state index in [1.54, 1.807) is 19.3 Å². The summed E-state index contributed by atoms with van der Waals surface area (Å²) in [4.78, 5) is 0. The highest BCUT2D eigenvalue weighted by Gasteiger charge is 2.32. The molecular weight excluding hydrogens is 120 g/mol. The van der Waals surface area contributed by atoms with E-state index in [-0.39, 0.29) is 0 Å². The summed E-state index contributed by atoms with van der Waals surface area (Å²) in [5.74, 6) is 3.38. The Kier molecular flexibility index (Phi) is 1.71. The first kappa shape index (κ1) is 6.69. The average Bonchev–Trinajstić information content (AvgIpc) is 2.73. The lowest BCUT2D eigenvalue weighted by molar-refractivity contribution is 0.572. The van der Waals surface area contributed by atoms with Crippen LogP contribution in [0.5, 0.6) is 0 Å². The molecule has 10 heavy (non-hydrogen) atoms. The van der Waals surface area contributed by atoms with E-state index in [9.17, 15) is 0 Å². The monoisotopic (exact) mass is 138 g/mol. The molecule has 0 aromatic carbocycles. The molecule has 0 nitrogen and oxygen atoms in total. The molecule has 0 bridgehead atoms. The van der Waals surface area contributed by atoms with Gasteiger partial charge in [0, 0.05) is 0 Å². The zero-order chi connectivity index (χ0) is 6.97. The molecule has 0 heterocycles. The average molecular weight is 138 g/mol. The standard InChI is InChI=1S/C10H18/c1-8-7-10(8)4-2-3-9-5-6-9/h8-10H,2-7H2,1H3. The topological polar surface area (TPSA) is 0 Å². The maximum absolute atomic E-state index is 2.39. The second-order valence-corrected chi connectivity index (χ2v) is 4.35. The highest BCUT2D eigenvalue weighted by Crippen LogP contribution is 2.43. The van der Waals surface area contributed by atoms with Crippen molar-refractivity contribution in [3.8, 4) is 0 Å². The van der Waals surface area contributed by atoms with Crippen molar-refractivity contribution in [3.05, 3.63) is 0 Å². The van der Waals surface area contributed by atoms with E-state index in [1.165, 1.54) is 19.3 Å². The van der Waals surface area contributed by atoms with E-state index in [0.717, 1.165) is 17.8 Å². The minimum atomic E-state index is 1.08. The van der Waals surface area contributed by atoms with Crippen LogP contribution in [0.1, 0.15) is 45.4 Å². The van der Waals surface area contributed by atoms with Gasteiger partial charge in [0.1, 0.15) is 0 Å². The Hall–Kier alpha value is 0. The predicted molar refractivity (Wildman–Crippen MR) is 43.8 cm³/mol. The maximum atomic E-state index is 2.39. The number of hydrogen-bond donors (Lipinski definition) is 0. The van der Waals surface area contributed by atoms with Crippen LogP contribution in [-0.2, 0) is 0 Å². The van der Waals surface area contributed by atoms with Gasteiger partial charge in [0.15, 0.2) is 0 Å². The summed E-state index contributed by atoms with van der Waals surface area (Å²) in [5.41, 5.74) is 0. The van der Waals surface area contributed by atoms with Gasteiger partial charge in [0.05, 0.1) is 0 Å². The molecule has 58 valence electrons. The molecule has 0 radical (unpaired) electrons. The van der Waals surface area contributed by atoms with Crippen LogP contribution < -0.4 is 0 Å². The first-order chi connectivity index (χ1) is 4.86. The van der Waals surface area contributed by atoms with Crippen molar-refractivity contribution in [2.75, 3.05) is 0 Å². The number of hydrogen-bond acceptors (Lipinski definition) is 0. The van der Waals surface area contributed by atoms with Gasteiger partial charge in [-0.05, 0) is 24.2 Å². The van der Waals surface area contributed by atoms with Crippen LogP contribution in [0, 0.1) is 17.8 Å². The molecule has 2 aliphatic carbocycles. The van der Waals surface area contributed by atoms with E-state index >= 15 is 0 Å². The molecule has 2 rings (SSSR count). The molecule has 0 aromatic heterocycles. The molecule has 0 spiro atoms. The second kappa shape index (κ2) is 2.56. The normalized spacial score (nSPS) is 38.1. The third-order valence-electron chi connectivity index (χ3n) is 3.16. The molecule has 2 atom stereocenters. The molecule has 0 saturated heterocycles. The Morgan fingerprint density at radius 2 is 1.90 bits per heavy atom. The van der Waals surface area contributed by atoms with Gasteiger partial charge in [0.2, 0.25) is 0 Å². The van der Waals surface area contributed by atoms with Crippen molar-refractivity contribution in [2.45, 2.75) is 45.4 Å². The van der Waals surface area contributed by atoms with Crippen molar-refractivity contribution in [2.24, 2.45) is 17.8 Å². The summed E-state index contributed by atoms with van der Waals surface area (Å²) in [7, 11) is 0. The van der Waals surface area contributed by atoms with E-state index in [4.69, 9.17) is 0 Å². The summed E-state index contributed by atoms with van der Waals surface area (Å²) in [5, 5.41) is 0. The molecule has 2 unspecified atom stereocenters. The summed E-state index contributed by atoms with van der Waals surface area (Å²) >= 11 is 0. The highest BCUT2D eigenvalue weighted by molar-refractivity contribution is 4.83. The molecule has 0 amide bonds. The minimum Gasteiger partial charge on any atom is -0.0622 e. The van der Waals surface area contributed by atoms with Gasteiger partial charge in [-0.25, -0.2) is 0 Å². The van der Waals surface area contributed by atoms with E-state index in [1.807, 2.05) is 0 Å². The minimum absolute atomic E-state index is 1.08. The molecular formula is C10H18. The first-order valence-electron chi connectivity index (χ1n) is 4.86. The molecule has 0 heteroatoms. The molecule has 0 aliphatic heterocycles. The van der Waals surface area contributed by atoms with Crippen molar-refractivity contribution >= 4 is 0 Å². The van der Waals surface area contributed by atoms with Gasteiger partial charge >= 0.3 is 0 Å². The molecule has 2 aliphatic rings. The third kappa shape index (κ3) is 1.74. The van der Waals surface area contributed by atoms with Crippen LogP contribution >= 0.6 is 0 Å². The second-order valence-electron chi connectivity index (χ2n) is 4.35. The molecule has 2 saturated carbocycles. The van der Waals surface area contributed by atoms with Gasteiger partial charge < -0.3 is 0 Å². The summed E-state index contributed by atoms with van der Waals surface area (Å²) in [6.45, 7) is 2.39. The van der Waals surface area contributed by atoms with Gasteiger partial charge in [-0.2, -0.15) is 0 Å². The van der Waals surface area contributed by atoms with Crippen molar-refractivity contribution < 1.29 is 0 Å². The lowest BCUT2D eigenvalue weighted by Gasteiger charge is -1.95. The summed E-state index contributed by atoms with van der Waals surface area (Å²) in [6, 6.07) is 0. The van der Waals surface area contributed by atoms with Crippen LogP contribution in [0.15, 0.2) is 0 Å². The Labute approximate surface area is 64.0 Å². The maximum Gasteiger partial charge on any atom is -0.0386 e. The molecule has 0 aromatic rings. The van der Waals surface area contributed by atoms with Crippen LogP contribution in [0.4, 0.5) is 0 Å². The van der Waals surface area contributed by atoms with Crippen molar-refractivity contribution in [1.29, 1.82) is 0 Å². The van der Waals surface area contributed by atoms with Crippen LogP contribution in [0.3, 0.4) is 0 Å². The quantitative estimate of drug-likeness (QED) is 0.559. The van der Waals surface area contributed by atoms with E-state index in [0.29, 0.717) is 0 Å². The highest BCUT2D eigenvalue weighted by atomic mass is 14.4. The van der Waals surface area contributed by atoms with Gasteiger partial charge in [0.25, 0.3) is 0 Å². The van der Waals surface area contributed by atoms with Crippen molar-refractivity contribution in [3.63, 3.8) is 0 Å². The Balaban J connectivity index is 1.48. The zero-order valence-electron chi connectivity index (χ0n) is 6.97. The smallest absolute Gasteiger partial charge is 0.0386 e. The fourth-order valence-electron chi connectivity index (χ4n) is 1.88. The lowest BCUT2D eigenvalue weighted by atomic mass is 10.1. The Morgan fingerprint density at radius 3 is 2.40 bits per heavy atom. The van der Waals surface area contributed by atoms with Crippen LogP contribution in [0.25, 0.3) is 0 Å². The van der Waals surface area contributed by atoms with Gasteiger partial charge in [-0.15, -0.1) is 0 Å². The SMILES string of the molecule is CC1CC1CCCC1CC1. The van der Waals surface area contributed by atoms with E-state index in [2.05, 4.69) is 6.92 Å². The van der Waals surface area contributed by atoms with Crippen LogP contribution in [0.2, 0.25) is 0 Å².